The van der Waals surface area contributed by atoms with Gasteiger partial charge < -0.3 is 0 Å². The summed E-state index contributed by atoms with van der Waals surface area (Å²) >= 11 is 3.41. The van der Waals surface area contributed by atoms with Crippen molar-refractivity contribution in [3.63, 3.8) is 0 Å². The molecule has 0 unspecified atom stereocenters. The average Bonchev–Trinajstić information content (AvgIpc) is 2.73. The molecule has 0 spiro atoms. The summed E-state index contributed by atoms with van der Waals surface area (Å²) in [5.74, 6) is 0.650. The first-order chi connectivity index (χ1) is 7.84. The zero-order chi connectivity index (χ0) is 11.0. The van der Waals surface area contributed by atoms with Crippen molar-refractivity contribution in [2.24, 2.45) is 0 Å². The number of rotatable bonds is 1. The molecule has 0 aliphatic heterocycles. The SMILES string of the molecule is Brc1cnc2ccn(-c3ncccn3)c2c1. The van der Waals surface area contributed by atoms with E-state index in [1.807, 2.05) is 22.9 Å². The molecule has 3 rings (SSSR count). The van der Waals surface area contributed by atoms with Gasteiger partial charge in [0, 0.05) is 29.3 Å². The van der Waals surface area contributed by atoms with Gasteiger partial charge in [-0.25, -0.2) is 9.97 Å². The van der Waals surface area contributed by atoms with Crippen LogP contribution < -0.4 is 0 Å². The topological polar surface area (TPSA) is 43.6 Å². The molecule has 0 N–H and O–H groups in total. The normalized spacial score (nSPS) is 10.8. The molecule has 0 saturated heterocycles. The second kappa shape index (κ2) is 3.68. The molecule has 0 aliphatic rings. The second-order valence-electron chi connectivity index (χ2n) is 3.29. The van der Waals surface area contributed by atoms with Crippen molar-refractivity contribution in [3.8, 4) is 5.95 Å². The highest BCUT2D eigenvalue weighted by Crippen LogP contribution is 2.20. The van der Waals surface area contributed by atoms with Gasteiger partial charge in [0.1, 0.15) is 0 Å². The molecule has 0 fully saturated rings. The van der Waals surface area contributed by atoms with Crippen LogP contribution in [0.3, 0.4) is 0 Å². The Labute approximate surface area is 100 Å². The Morgan fingerprint density at radius 2 is 1.94 bits per heavy atom. The molecule has 0 atom stereocenters. The van der Waals surface area contributed by atoms with Crippen molar-refractivity contribution in [2.45, 2.75) is 0 Å². The van der Waals surface area contributed by atoms with E-state index >= 15 is 0 Å². The summed E-state index contributed by atoms with van der Waals surface area (Å²) in [6, 6.07) is 5.74. The van der Waals surface area contributed by atoms with Crippen LogP contribution in [-0.2, 0) is 0 Å². The van der Waals surface area contributed by atoms with Crippen molar-refractivity contribution in [2.75, 3.05) is 0 Å². The van der Waals surface area contributed by atoms with Gasteiger partial charge in [-0.2, -0.15) is 0 Å². The van der Waals surface area contributed by atoms with Crippen LogP contribution in [0.1, 0.15) is 0 Å². The number of nitrogens with zero attached hydrogens (tertiary/aromatic N) is 4. The van der Waals surface area contributed by atoms with Crippen molar-refractivity contribution in [1.82, 2.24) is 19.5 Å². The molecule has 5 heteroatoms. The lowest BCUT2D eigenvalue weighted by Crippen LogP contribution is -1.98. The molecule has 0 aromatic carbocycles. The van der Waals surface area contributed by atoms with E-state index in [0.29, 0.717) is 5.95 Å². The summed E-state index contributed by atoms with van der Waals surface area (Å²) in [6.07, 6.45) is 7.14. The number of pyridine rings is 1. The third kappa shape index (κ3) is 1.49. The monoisotopic (exact) mass is 274 g/mol. The highest BCUT2D eigenvalue weighted by Gasteiger charge is 2.05. The summed E-state index contributed by atoms with van der Waals surface area (Å²) in [6.45, 7) is 0. The average molecular weight is 275 g/mol. The van der Waals surface area contributed by atoms with Gasteiger partial charge >= 0.3 is 0 Å². The van der Waals surface area contributed by atoms with Crippen LogP contribution in [0.5, 0.6) is 0 Å². The van der Waals surface area contributed by atoms with Crippen molar-refractivity contribution < 1.29 is 0 Å². The standard InChI is InChI=1S/C11H7BrN4/c12-8-6-10-9(15-7-8)2-5-16(10)11-13-3-1-4-14-11/h1-7H. The smallest absolute Gasteiger partial charge is 0.234 e. The maximum Gasteiger partial charge on any atom is 0.234 e. The van der Waals surface area contributed by atoms with Crippen LogP contribution in [0.25, 0.3) is 17.0 Å². The highest BCUT2D eigenvalue weighted by atomic mass is 79.9. The fourth-order valence-electron chi connectivity index (χ4n) is 1.58. The van der Waals surface area contributed by atoms with Crippen LogP contribution in [-0.4, -0.2) is 19.5 Å². The van der Waals surface area contributed by atoms with Crippen LogP contribution in [0.4, 0.5) is 0 Å². The Bertz CT molecular complexity index is 633. The molecule has 3 aromatic rings. The lowest BCUT2D eigenvalue weighted by Gasteiger charge is -2.01. The summed E-state index contributed by atoms with van der Waals surface area (Å²) in [4.78, 5) is 12.7. The lowest BCUT2D eigenvalue weighted by molar-refractivity contribution is 0.961. The van der Waals surface area contributed by atoms with Gasteiger partial charge in [0.2, 0.25) is 5.95 Å². The van der Waals surface area contributed by atoms with E-state index in [-0.39, 0.29) is 0 Å². The van der Waals surface area contributed by atoms with E-state index in [0.717, 1.165) is 15.5 Å². The van der Waals surface area contributed by atoms with Gasteiger partial charge in [-0.05, 0) is 34.1 Å². The molecule has 0 amide bonds. The lowest BCUT2D eigenvalue weighted by atomic mass is 10.4. The number of halogens is 1. The van der Waals surface area contributed by atoms with Gasteiger partial charge in [-0.15, -0.1) is 0 Å². The largest absolute Gasteiger partial charge is 0.284 e. The van der Waals surface area contributed by atoms with E-state index in [9.17, 15) is 0 Å². The summed E-state index contributed by atoms with van der Waals surface area (Å²) in [5, 5.41) is 0. The van der Waals surface area contributed by atoms with E-state index < -0.39 is 0 Å². The third-order valence-electron chi connectivity index (χ3n) is 2.27. The summed E-state index contributed by atoms with van der Waals surface area (Å²) in [7, 11) is 0. The molecule has 16 heavy (non-hydrogen) atoms. The molecular formula is C11H7BrN4. The van der Waals surface area contributed by atoms with Gasteiger partial charge in [0.25, 0.3) is 0 Å². The third-order valence-corrected chi connectivity index (χ3v) is 2.71. The van der Waals surface area contributed by atoms with Crippen molar-refractivity contribution in [1.29, 1.82) is 0 Å². The number of hydrogen-bond acceptors (Lipinski definition) is 3. The molecule has 4 nitrogen and oxygen atoms in total. The summed E-state index contributed by atoms with van der Waals surface area (Å²) in [5.41, 5.74) is 1.91. The number of hydrogen-bond donors (Lipinski definition) is 0. The Morgan fingerprint density at radius 3 is 2.75 bits per heavy atom. The fraction of sp³-hybridized carbons (Fsp3) is 0. The molecule has 0 bridgehead atoms. The minimum atomic E-state index is 0.650. The van der Waals surface area contributed by atoms with Crippen molar-refractivity contribution in [3.05, 3.63) is 47.5 Å². The minimum Gasteiger partial charge on any atom is -0.284 e. The molecule has 78 valence electrons. The van der Waals surface area contributed by atoms with Gasteiger partial charge in [0.05, 0.1) is 11.0 Å². The Balaban J connectivity index is 2.29. The maximum atomic E-state index is 4.30. The van der Waals surface area contributed by atoms with Crippen LogP contribution >= 0.6 is 15.9 Å². The highest BCUT2D eigenvalue weighted by molar-refractivity contribution is 9.10. The Kier molecular flexibility index (Phi) is 2.18. The van der Waals surface area contributed by atoms with Crippen LogP contribution in [0.15, 0.2) is 47.5 Å². The van der Waals surface area contributed by atoms with Crippen molar-refractivity contribution >= 4 is 27.0 Å². The molecule has 0 radical (unpaired) electrons. The summed E-state index contributed by atoms with van der Waals surface area (Å²) < 4.78 is 2.85. The van der Waals surface area contributed by atoms with Gasteiger partial charge in [-0.1, -0.05) is 0 Å². The van der Waals surface area contributed by atoms with Crippen LogP contribution in [0.2, 0.25) is 0 Å². The fourth-order valence-corrected chi connectivity index (χ4v) is 1.90. The molecular weight excluding hydrogens is 268 g/mol. The quantitative estimate of drug-likeness (QED) is 0.685. The molecule has 3 heterocycles. The zero-order valence-corrected chi connectivity index (χ0v) is 9.79. The predicted octanol–water partition coefficient (Wildman–Crippen LogP) is 2.58. The van der Waals surface area contributed by atoms with Gasteiger partial charge in [0.15, 0.2) is 0 Å². The first-order valence-electron chi connectivity index (χ1n) is 4.74. The Hall–Kier alpha value is -1.75. The van der Waals surface area contributed by atoms with E-state index in [2.05, 4.69) is 30.9 Å². The molecule has 0 aliphatic carbocycles. The number of fused-ring (bicyclic) bond motifs is 1. The van der Waals surface area contributed by atoms with Gasteiger partial charge in [-0.3, -0.25) is 9.55 Å². The first kappa shape index (κ1) is 9.47. The van der Waals surface area contributed by atoms with Crippen LogP contribution in [0, 0.1) is 0 Å². The molecule has 0 saturated carbocycles. The predicted molar refractivity (Wildman–Crippen MR) is 64.4 cm³/mol. The minimum absolute atomic E-state index is 0.650. The zero-order valence-electron chi connectivity index (χ0n) is 8.21. The first-order valence-corrected chi connectivity index (χ1v) is 5.54. The molecule has 3 aromatic heterocycles. The van der Waals surface area contributed by atoms with E-state index in [1.54, 1.807) is 24.7 Å². The maximum absolute atomic E-state index is 4.30. The number of aromatic nitrogens is 4. The van der Waals surface area contributed by atoms with E-state index in [4.69, 9.17) is 0 Å². The second-order valence-corrected chi connectivity index (χ2v) is 4.21. The Morgan fingerprint density at radius 1 is 1.12 bits per heavy atom. The van der Waals surface area contributed by atoms with E-state index in [1.165, 1.54) is 0 Å².